The van der Waals surface area contributed by atoms with E-state index in [-0.39, 0.29) is 6.79 Å². The number of aromatic nitrogens is 3. The van der Waals surface area contributed by atoms with Crippen molar-refractivity contribution in [3.05, 3.63) is 72.8 Å². The van der Waals surface area contributed by atoms with Crippen LogP contribution >= 0.6 is 0 Å². The van der Waals surface area contributed by atoms with Crippen molar-refractivity contribution in [3.63, 3.8) is 0 Å². The topological polar surface area (TPSA) is 57.1 Å². The first-order valence-electron chi connectivity index (χ1n) is 7.33. The fourth-order valence-electron chi connectivity index (χ4n) is 2.39. The van der Waals surface area contributed by atoms with Crippen molar-refractivity contribution >= 4 is 0 Å². The Labute approximate surface area is 134 Å². The molecule has 23 heavy (non-hydrogen) atoms. The van der Waals surface area contributed by atoms with E-state index >= 15 is 0 Å². The van der Waals surface area contributed by atoms with E-state index in [0.717, 1.165) is 34.9 Å². The van der Waals surface area contributed by atoms with Crippen LogP contribution in [-0.4, -0.2) is 21.7 Å². The highest BCUT2D eigenvalue weighted by Gasteiger charge is 2.14. The first-order valence-corrected chi connectivity index (χ1v) is 7.33. The molecule has 0 saturated carbocycles. The quantitative estimate of drug-likeness (QED) is 0.741. The van der Waals surface area contributed by atoms with E-state index in [1.165, 1.54) is 5.56 Å². The summed E-state index contributed by atoms with van der Waals surface area (Å²) in [5.41, 5.74) is 3.82. The SMILES string of the molecule is [CH](Cc1ccncc1)c1cnc(-c2ccc3c(c2)OCO3)cn1. The lowest BCUT2D eigenvalue weighted by Gasteiger charge is -2.04. The molecule has 113 valence electrons. The molecule has 3 heterocycles. The van der Waals surface area contributed by atoms with E-state index in [1.54, 1.807) is 24.8 Å². The van der Waals surface area contributed by atoms with Crippen LogP contribution < -0.4 is 9.47 Å². The van der Waals surface area contributed by atoms with Gasteiger partial charge in [-0.2, -0.15) is 0 Å². The summed E-state index contributed by atoms with van der Waals surface area (Å²) in [6.07, 6.45) is 9.98. The molecule has 1 aliphatic heterocycles. The van der Waals surface area contributed by atoms with Gasteiger partial charge < -0.3 is 9.47 Å². The van der Waals surface area contributed by atoms with Gasteiger partial charge in [-0.3, -0.25) is 15.0 Å². The van der Waals surface area contributed by atoms with Crippen molar-refractivity contribution in [3.8, 4) is 22.8 Å². The van der Waals surface area contributed by atoms with Crippen molar-refractivity contribution in [2.24, 2.45) is 0 Å². The monoisotopic (exact) mass is 304 g/mol. The Bertz CT molecular complexity index is 804. The smallest absolute Gasteiger partial charge is 0.231 e. The number of rotatable bonds is 4. The number of fused-ring (bicyclic) bond motifs is 1. The fraction of sp³-hybridized carbons (Fsp3) is 0.111. The highest BCUT2D eigenvalue weighted by Crippen LogP contribution is 2.35. The molecule has 0 aliphatic carbocycles. The van der Waals surface area contributed by atoms with Crippen molar-refractivity contribution in [2.45, 2.75) is 6.42 Å². The third-order valence-electron chi connectivity index (χ3n) is 3.64. The lowest BCUT2D eigenvalue weighted by Crippen LogP contribution is -1.95. The Kier molecular flexibility index (Phi) is 3.60. The summed E-state index contributed by atoms with van der Waals surface area (Å²) < 4.78 is 10.7. The summed E-state index contributed by atoms with van der Waals surface area (Å²) in [5, 5.41) is 0. The van der Waals surface area contributed by atoms with E-state index in [9.17, 15) is 0 Å². The second-order valence-corrected chi connectivity index (χ2v) is 5.16. The second kappa shape index (κ2) is 6.04. The van der Waals surface area contributed by atoms with Crippen molar-refractivity contribution in [2.75, 3.05) is 6.79 Å². The Morgan fingerprint density at radius 2 is 1.83 bits per heavy atom. The molecule has 4 rings (SSSR count). The molecule has 0 saturated heterocycles. The lowest BCUT2D eigenvalue weighted by molar-refractivity contribution is 0.174. The first kappa shape index (κ1) is 13.7. The van der Waals surface area contributed by atoms with Crippen LogP contribution in [0.25, 0.3) is 11.3 Å². The minimum absolute atomic E-state index is 0.271. The van der Waals surface area contributed by atoms with E-state index in [2.05, 4.69) is 15.0 Å². The normalized spacial score (nSPS) is 12.3. The van der Waals surface area contributed by atoms with E-state index in [4.69, 9.17) is 9.47 Å². The van der Waals surface area contributed by atoms with Crippen LogP contribution in [0, 0.1) is 6.42 Å². The van der Waals surface area contributed by atoms with Gasteiger partial charge in [-0.05, 0) is 42.3 Å². The van der Waals surface area contributed by atoms with E-state index in [1.807, 2.05) is 36.8 Å². The average Bonchev–Trinajstić information content (AvgIpc) is 3.09. The average molecular weight is 304 g/mol. The molecule has 5 nitrogen and oxygen atoms in total. The minimum atomic E-state index is 0.271. The second-order valence-electron chi connectivity index (χ2n) is 5.16. The van der Waals surface area contributed by atoms with Crippen LogP contribution in [0.2, 0.25) is 0 Å². The van der Waals surface area contributed by atoms with Crippen molar-refractivity contribution in [1.82, 2.24) is 15.0 Å². The molecule has 0 N–H and O–H groups in total. The number of benzene rings is 1. The molecule has 5 heteroatoms. The molecule has 0 spiro atoms. The predicted octanol–water partition coefficient (Wildman–Crippen LogP) is 3.06. The zero-order valence-electron chi connectivity index (χ0n) is 12.3. The number of hydrogen-bond donors (Lipinski definition) is 0. The van der Waals surface area contributed by atoms with Gasteiger partial charge in [0.1, 0.15) is 0 Å². The maximum Gasteiger partial charge on any atom is 0.231 e. The van der Waals surface area contributed by atoms with Crippen molar-refractivity contribution < 1.29 is 9.47 Å². The third-order valence-corrected chi connectivity index (χ3v) is 3.64. The van der Waals surface area contributed by atoms with Gasteiger partial charge in [0.25, 0.3) is 0 Å². The summed E-state index contributed by atoms with van der Waals surface area (Å²) in [6.45, 7) is 0.271. The van der Waals surface area contributed by atoms with E-state index < -0.39 is 0 Å². The highest BCUT2D eigenvalue weighted by atomic mass is 16.7. The van der Waals surface area contributed by atoms with Crippen LogP contribution in [0.15, 0.2) is 55.1 Å². The summed E-state index contributed by atoms with van der Waals surface area (Å²) in [5.74, 6) is 1.52. The van der Waals surface area contributed by atoms with Gasteiger partial charge in [0, 0.05) is 30.6 Å². The molecule has 1 aliphatic rings. The third kappa shape index (κ3) is 2.99. The molecule has 2 aromatic heterocycles. The number of pyridine rings is 1. The Balaban J connectivity index is 1.47. The molecule has 1 aromatic carbocycles. The maximum absolute atomic E-state index is 5.39. The van der Waals surface area contributed by atoms with Crippen LogP contribution in [-0.2, 0) is 6.42 Å². The van der Waals surface area contributed by atoms with Crippen molar-refractivity contribution in [1.29, 1.82) is 0 Å². The zero-order chi connectivity index (χ0) is 15.5. The van der Waals surface area contributed by atoms with Gasteiger partial charge in [0.05, 0.1) is 17.6 Å². The van der Waals surface area contributed by atoms with Gasteiger partial charge in [-0.15, -0.1) is 0 Å². The maximum atomic E-state index is 5.39. The predicted molar refractivity (Wildman–Crippen MR) is 84.9 cm³/mol. The molecule has 0 atom stereocenters. The Hall–Kier alpha value is -2.95. The highest BCUT2D eigenvalue weighted by molar-refractivity contribution is 5.63. The lowest BCUT2D eigenvalue weighted by atomic mass is 10.1. The zero-order valence-corrected chi connectivity index (χ0v) is 12.3. The Morgan fingerprint density at radius 3 is 2.65 bits per heavy atom. The van der Waals surface area contributed by atoms with E-state index in [0.29, 0.717) is 0 Å². The standard InChI is InChI=1S/C18H14N3O2/c1(13-5-7-19-8-6-13)3-15-10-21-16(11-20-15)14-2-4-17-18(9-14)23-12-22-17/h2-11H,1,12H2. The fourth-order valence-corrected chi connectivity index (χ4v) is 2.39. The molecular formula is C18H14N3O2. The van der Waals surface area contributed by atoms with Gasteiger partial charge in [-0.1, -0.05) is 0 Å². The molecular weight excluding hydrogens is 290 g/mol. The van der Waals surface area contributed by atoms with Crippen LogP contribution in [0.5, 0.6) is 11.5 Å². The molecule has 1 radical (unpaired) electrons. The first-order chi connectivity index (χ1) is 11.4. The molecule has 0 bridgehead atoms. The summed E-state index contributed by atoms with van der Waals surface area (Å²) >= 11 is 0. The number of nitrogens with zero attached hydrogens (tertiary/aromatic N) is 3. The van der Waals surface area contributed by atoms with Crippen LogP contribution in [0.1, 0.15) is 11.3 Å². The summed E-state index contributed by atoms with van der Waals surface area (Å²) in [7, 11) is 0. The Morgan fingerprint density at radius 1 is 0.957 bits per heavy atom. The summed E-state index contributed by atoms with van der Waals surface area (Å²) in [6, 6.07) is 9.75. The van der Waals surface area contributed by atoms with Gasteiger partial charge in [0.2, 0.25) is 6.79 Å². The minimum Gasteiger partial charge on any atom is -0.454 e. The summed E-state index contributed by atoms with van der Waals surface area (Å²) in [4.78, 5) is 13.0. The van der Waals surface area contributed by atoms with Crippen LogP contribution in [0.3, 0.4) is 0 Å². The number of hydrogen-bond acceptors (Lipinski definition) is 5. The number of ether oxygens (including phenoxy) is 2. The van der Waals surface area contributed by atoms with Crippen LogP contribution in [0.4, 0.5) is 0 Å². The van der Waals surface area contributed by atoms with Gasteiger partial charge in [0.15, 0.2) is 11.5 Å². The largest absolute Gasteiger partial charge is 0.454 e. The van der Waals surface area contributed by atoms with Gasteiger partial charge >= 0.3 is 0 Å². The molecule has 0 amide bonds. The van der Waals surface area contributed by atoms with Gasteiger partial charge in [-0.25, -0.2) is 0 Å². The molecule has 0 unspecified atom stereocenters. The molecule has 0 fully saturated rings. The molecule has 3 aromatic rings.